The molecule has 3 heterocycles. The smallest absolute Gasteiger partial charge is 0.475 e. The van der Waals surface area contributed by atoms with Crippen molar-refractivity contribution in [1.29, 1.82) is 0 Å². The molecular formula is C16H19F3N4O5. The number of morpholine rings is 1. The van der Waals surface area contributed by atoms with E-state index in [2.05, 4.69) is 15.6 Å². The molecule has 0 unspecified atom stereocenters. The molecule has 2 aliphatic heterocycles. The normalized spacial score (nSPS) is 23.3. The maximum absolute atomic E-state index is 12.4. The van der Waals surface area contributed by atoms with Crippen LogP contribution < -0.4 is 10.6 Å². The lowest BCUT2D eigenvalue weighted by molar-refractivity contribution is -0.192. The average Bonchev–Trinajstić information content (AvgIpc) is 2.95. The minimum Gasteiger partial charge on any atom is -0.475 e. The molecule has 0 spiro atoms. The van der Waals surface area contributed by atoms with E-state index in [9.17, 15) is 22.8 Å². The molecule has 12 heteroatoms. The predicted octanol–water partition coefficient (Wildman–Crippen LogP) is 1.08. The highest BCUT2D eigenvalue weighted by Crippen LogP contribution is 2.32. The zero-order valence-electron chi connectivity index (χ0n) is 14.8. The molecule has 3 N–H and O–H groups in total. The summed E-state index contributed by atoms with van der Waals surface area (Å²) in [6, 6.07) is 3.44. The van der Waals surface area contributed by atoms with Crippen molar-refractivity contribution in [3.8, 4) is 0 Å². The summed E-state index contributed by atoms with van der Waals surface area (Å²) < 4.78 is 37.5. The van der Waals surface area contributed by atoms with Crippen LogP contribution in [0.3, 0.4) is 0 Å². The number of aliphatic carboxylic acids is 1. The van der Waals surface area contributed by atoms with E-state index >= 15 is 0 Å². The summed E-state index contributed by atoms with van der Waals surface area (Å²) in [5.74, 6) is -3.06. The highest BCUT2D eigenvalue weighted by molar-refractivity contribution is 5.93. The molecule has 2 saturated heterocycles. The second-order valence-corrected chi connectivity index (χ2v) is 6.13. The number of amides is 3. The minimum atomic E-state index is -5.08. The predicted molar refractivity (Wildman–Crippen MR) is 89.4 cm³/mol. The highest BCUT2D eigenvalue weighted by atomic mass is 19.4. The van der Waals surface area contributed by atoms with E-state index in [4.69, 9.17) is 14.6 Å². The van der Waals surface area contributed by atoms with Crippen molar-refractivity contribution >= 4 is 23.6 Å². The maximum Gasteiger partial charge on any atom is 0.490 e. The zero-order chi connectivity index (χ0) is 20.9. The number of pyridine rings is 1. The van der Waals surface area contributed by atoms with E-state index in [1.807, 2.05) is 0 Å². The Kier molecular flexibility index (Phi) is 6.78. The summed E-state index contributed by atoms with van der Waals surface area (Å²) in [6.45, 7) is 0.980. The monoisotopic (exact) mass is 404 g/mol. The first-order valence-corrected chi connectivity index (χ1v) is 8.25. The van der Waals surface area contributed by atoms with Crippen molar-refractivity contribution in [2.24, 2.45) is 5.92 Å². The quantitative estimate of drug-likeness (QED) is 0.679. The van der Waals surface area contributed by atoms with Gasteiger partial charge in [-0.05, 0) is 18.6 Å². The minimum absolute atomic E-state index is 0.0642. The van der Waals surface area contributed by atoms with Crippen LogP contribution in [0.25, 0.3) is 0 Å². The van der Waals surface area contributed by atoms with Crippen LogP contribution in [0.2, 0.25) is 0 Å². The Hall–Kier alpha value is -2.89. The molecule has 0 radical (unpaired) electrons. The van der Waals surface area contributed by atoms with Gasteiger partial charge < -0.3 is 25.4 Å². The third kappa shape index (κ3) is 5.55. The number of halogens is 3. The number of fused-ring (bicyclic) bond motifs is 2. The van der Waals surface area contributed by atoms with Gasteiger partial charge in [0.2, 0.25) is 5.91 Å². The van der Waals surface area contributed by atoms with Gasteiger partial charge in [0.05, 0.1) is 30.0 Å². The van der Waals surface area contributed by atoms with E-state index in [0.29, 0.717) is 25.2 Å². The molecule has 3 rings (SSSR count). The van der Waals surface area contributed by atoms with Gasteiger partial charge in [0.1, 0.15) is 0 Å². The maximum atomic E-state index is 12.4. The second kappa shape index (κ2) is 8.87. The number of urea groups is 1. The number of rotatable bonds is 2. The number of nitrogens with one attached hydrogen (secondary N) is 2. The molecule has 3 atom stereocenters. The molecule has 0 aromatic carbocycles. The van der Waals surface area contributed by atoms with Gasteiger partial charge in [0.15, 0.2) is 0 Å². The third-order valence-electron chi connectivity index (χ3n) is 4.17. The summed E-state index contributed by atoms with van der Waals surface area (Å²) >= 11 is 0. The number of carbonyl (C=O) groups excluding carboxylic acids is 2. The van der Waals surface area contributed by atoms with Crippen LogP contribution >= 0.6 is 0 Å². The lowest BCUT2D eigenvalue weighted by atomic mass is 9.99. The number of ether oxygens (including phenoxy) is 1. The van der Waals surface area contributed by atoms with E-state index in [0.717, 1.165) is 0 Å². The topological polar surface area (TPSA) is 121 Å². The summed E-state index contributed by atoms with van der Waals surface area (Å²) in [7, 11) is 1.60. The molecule has 0 aliphatic carbocycles. The number of anilines is 1. The van der Waals surface area contributed by atoms with Gasteiger partial charge in [0.25, 0.3) is 0 Å². The molecule has 2 aliphatic rings. The summed E-state index contributed by atoms with van der Waals surface area (Å²) in [4.78, 5) is 38.6. The Labute approximate surface area is 157 Å². The van der Waals surface area contributed by atoms with Crippen LogP contribution in [0.4, 0.5) is 23.7 Å². The average molecular weight is 404 g/mol. The molecule has 2 fully saturated rings. The molecule has 1 aromatic rings. The fourth-order valence-corrected chi connectivity index (χ4v) is 2.93. The fourth-order valence-electron chi connectivity index (χ4n) is 2.93. The van der Waals surface area contributed by atoms with Gasteiger partial charge in [-0.1, -0.05) is 0 Å². The summed E-state index contributed by atoms with van der Waals surface area (Å²) in [5, 5.41) is 12.6. The first kappa shape index (κ1) is 21.4. The van der Waals surface area contributed by atoms with Gasteiger partial charge in [-0.2, -0.15) is 13.2 Å². The molecule has 154 valence electrons. The number of alkyl halides is 3. The van der Waals surface area contributed by atoms with Crippen molar-refractivity contribution in [2.75, 3.05) is 25.5 Å². The second-order valence-electron chi connectivity index (χ2n) is 6.13. The number of aromatic nitrogens is 1. The number of carboxylic acids is 1. The van der Waals surface area contributed by atoms with Crippen molar-refractivity contribution in [2.45, 2.75) is 24.8 Å². The number of hydrogen-bond donors (Lipinski definition) is 3. The molecular weight excluding hydrogens is 385 g/mol. The molecule has 2 bridgehead atoms. The van der Waals surface area contributed by atoms with Gasteiger partial charge in [-0.25, -0.2) is 9.59 Å². The lowest BCUT2D eigenvalue weighted by Crippen LogP contribution is -2.50. The number of carbonyl (C=O) groups is 3. The van der Waals surface area contributed by atoms with Crippen molar-refractivity contribution in [3.05, 3.63) is 24.5 Å². The van der Waals surface area contributed by atoms with Crippen LogP contribution in [0.1, 0.15) is 6.42 Å². The first-order valence-electron chi connectivity index (χ1n) is 8.25. The van der Waals surface area contributed by atoms with E-state index < -0.39 is 12.1 Å². The van der Waals surface area contributed by atoms with E-state index in [-0.39, 0.29) is 30.1 Å². The van der Waals surface area contributed by atoms with E-state index in [1.165, 1.54) is 0 Å². The van der Waals surface area contributed by atoms with Crippen LogP contribution in [0.15, 0.2) is 24.5 Å². The molecule has 9 nitrogen and oxygen atoms in total. The molecule has 1 aromatic heterocycles. The van der Waals surface area contributed by atoms with Gasteiger partial charge in [0, 0.05) is 26.3 Å². The molecule has 3 amide bonds. The highest BCUT2D eigenvalue weighted by Gasteiger charge is 2.45. The Morgan fingerprint density at radius 1 is 1.32 bits per heavy atom. The van der Waals surface area contributed by atoms with Crippen LogP contribution in [0, 0.1) is 5.92 Å². The number of hydrogen-bond acceptors (Lipinski definition) is 5. The van der Waals surface area contributed by atoms with Crippen molar-refractivity contribution in [3.63, 3.8) is 0 Å². The SMILES string of the molecule is CNC(=O)N1C[C@H]2C[C@H](C(=O)Nc3cccnc3)[C@@H](C1)O2.O=C(O)C(F)(F)F. The first-order chi connectivity index (χ1) is 13.1. The Balaban J connectivity index is 0.000000345. The van der Waals surface area contributed by atoms with Crippen molar-refractivity contribution < 1.29 is 37.4 Å². The van der Waals surface area contributed by atoms with Gasteiger partial charge in [-0.3, -0.25) is 9.78 Å². The largest absolute Gasteiger partial charge is 0.490 e. The van der Waals surface area contributed by atoms with Gasteiger partial charge >= 0.3 is 18.2 Å². The number of likely N-dealkylation sites (tertiary alicyclic amines) is 1. The number of carboxylic acid groups (broad SMARTS) is 1. The number of nitrogens with zero attached hydrogens (tertiary/aromatic N) is 2. The van der Waals surface area contributed by atoms with E-state index in [1.54, 1.807) is 36.5 Å². The lowest BCUT2D eigenvalue weighted by Gasteiger charge is -2.32. The standard InChI is InChI=1S/C14H18N4O3.C2HF3O2/c1-15-14(20)18-7-10-5-11(12(8-18)21-10)13(19)17-9-3-2-4-16-6-9;3-2(4,5)1(6)7/h2-4,6,10-12H,5,7-8H2,1H3,(H,15,20)(H,17,19);(H,6,7)/t10-,11+,12-;/m1./s1. The summed E-state index contributed by atoms with van der Waals surface area (Å²) in [5.41, 5.74) is 0.673. The van der Waals surface area contributed by atoms with Crippen LogP contribution in [0.5, 0.6) is 0 Å². The Bertz CT molecular complexity index is 716. The Morgan fingerprint density at radius 2 is 2.00 bits per heavy atom. The zero-order valence-corrected chi connectivity index (χ0v) is 14.8. The Morgan fingerprint density at radius 3 is 2.54 bits per heavy atom. The van der Waals surface area contributed by atoms with Gasteiger partial charge in [-0.15, -0.1) is 0 Å². The fraction of sp³-hybridized carbons (Fsp3) is 0.500. The molecule has 28 heavy (non-hydrogen) atoms. The van der Waals surface area contributed by atoms with Crippen LogP contribution in [-0.2, 0) is 14.3 Å². The summed E-state index contributed by atoms with van der Waals surface area (Å²) in [6.07, 6.45) is -1.48. The molecule has 0 saturated carbocycles. The van der Waals surface area contributed by atoms with Crippen molar-refractivity contribution in [1.82, 2.24) is 15.2 Å². The van der Waals surface area contributed by atoms with Crippen LogP contribution in [-0.4, -0.2) is 71.4 Å². The third-order valence-corrected chi connectivity index (χ3v) is 4.17.